The number of amides is 3. The Balaban J connectivity index is 1.52. The highest BCUT2D eigenvalue weighted by Gasteiger charge is 2.44. The predicted molar refractivity (Wildman–Crippen MR) is 94.3 cm³/mol. The molecule has 7 heteroatoms. The van der Waals surface area contributed by atoms with Crippen molar-refractivity contribution in [2.24, 2.45) is 5.92 Å². The molecule has 0 bridgehead atoms. The molecule has 1 aliphatic heterocycles. The lowest BCUT2D eigenvalue weighted by Gasteiger charge is -2.41. The number of rotatable bonds is 3. The minimum Gasteiger partial charge on any atom is -0.339 e. The van der Waals surface area contributed by atoms with Crippen LogP contribution in [0.15, 0.2) is 28.8 Å². The molecule has 2 aliphatic rings. The Hall–Kier alpha value is -2.70. The number of fused-ring (bicyclic) bond motifs is 1. The summed E-state index contributed by atoms with van der Waals surface area (Å²) in [4.78, 5) is 30.5. The average Bonchev–Trinajstić information content (AvgIpc) is 3.12. The summed E-state index contributed by atoms with van der Waals surface area (Å²) >= 11 is 0. The second kappa shape index (κ2) is 6.55. The average molecular weight is 354 g/mol. The summed E-state index contributed by atoms with van der Waals surface area (Å²) in [7, 11) is 0. The Morgan fingerprint density at radius 1 is 1.27 bits per heavy atom. The molecule has 1 aliphatic carbocycles. The normalized spacial score (nSPS) is 25.8. The van der Waals surface area contributed by atoms with E-state index in [1.54, 1.807) is 0 Å². The molecule has 136 valence electrons. The number of carbonyl (C=O) groups excluding carboxylic acids is 2. The molecule has 3 amide bonds. The first kappa shape index (κ1) is 16.8. The van der Waals surface area contributed by atoms with E-state index in [4.69, 9.17) is 4.52 Å². The number of nitrogens with one attached hydrogen (secondary N) is 1. The summed E-state index contributed by atoms with van der Waals surface area (Å²) in [6.07, 6.45) is 2.16. The van der Waals surface area contributed by atoms with Crippen molar-refractivity contribution in [3.05, 3.63) is 35.7 Å². The smallest absolute Gasteiger partial charge is 0.324 e. The van der Waals surface area contributed by atoms with E-state index in [2.05, 4.69) is 15.5 Å². The van der Waals surface area contributed by atoms with Crippen molar-refractivity contribution in [2.75, 3.05) is 6.54 Å². The third-order valence-corrected chi connectivity index (χ3v) is 5.48. The van der Waals surface area contributed by atoms with E-state index in [-0.39, 0.29) is 29.8 Å². The Labute approximate surface area is 151 Å². The first-order valence-electron chi connectivity index (χ1n) is 9.10. The number of urea groups is 1. The van der Waals surface area contributed by atoms with Gasteiger partial charge in [0.05, 0.1) is 5.92 Å². The highest BCUT2D eigenvalue weighted by atomic mass is 16.5. The van der Waals surface area contributed by atoms with E-state index >= 15 is 0 Å². The van der Waals surface area contributed by atoms with E-state index in [1.807, 2.05) is 38.1 Å². The van der Waals surface area contributed by atoms with E-state index in [1.165, 1.54) is 4.90 Å². The Bertz CT molecular complexity index is 847. The Morgan fingerprint density at radius 2 is 2.08 bits per heavy atom. The minimum atomic E-state index is -0.300. The van der Waals surface area contributed by atoms with Crippen LogP contribution in [0.1, 0.15) is 43.6 Å². The van der Waals surface area contributed by atoms with Crippen LogP contribution in [0, 0.1) is 12.8 Å². The van der Waals surface area contributed by atoms with E-state index in [9.17, 15) is 9.59 Å². The largest absolute Gasteiger partial charge is 0.339 e. The number of benzene rings is 1. The fourth-order valence-corrected chi connectivity index (χ4v) is 4.02. The van der Waals surface area contributed by atoms with Crippen LogP contribution in [0.2, 0.25) is 0 Å². The van der Waals surface area contributed by atoms with Crippen molar-refractivity contribution in [1.29, 1.82) is 0 Å². The van der Waals surface area contributed by atoms with Crippen molar-refractivity contribution >= 4 is 11.9 Å². The number of imide groups is 1. The maximum absolute atomic E-state index is 12.5. The molecule has 0 spiro atoms. The lowest BCUT2D eigenvalue weighted by atomic mass is 9.76. The van der Waals surface area contributed by atoms with Crippen LogP contribution in [-0.4, -0.2) is 39.6 Å². The van der Waals surface area contributed by atoms with Gasteiger partial charge in [0.15, 0.2) is 0 Å². The van der Waals surface area contributed by atoms with Crippen molar-refractivity contribution in [3.8, 4) is 11.4 Å². The second-order valence-electron chi connectivity index (χ2n) is 7.03. The van der Waals surface area contributed by atoms with Gasteiger partial charge in [-0.15, -0.1) is 0 Å². The number of hydrogen-bond acceptors (Lipinski definition) is 5. The summed E-state index contributed by atoms with van der Waals surface area (Å²) in [5, 5.41) is 7.11. The van der Waals surface area contributed by atoms with Gasteiger partial charge >= 0.3 is 6.03 Å². The molecule has 2 aromatic rings. The van der Waals surface area contributed by atoms with Crippen LogP contribution in [0.3, 0.4) is 0 Å². The summed E-state index contributed by atoms with van der Waals surface area (Å²) in [6, 6.07) is 7.45. The zero-order valence-corrected chi connectivity index (χ0v) is 14.9. The summed E-state index contributed by atoms with van der Waals surface area (Å²) in [5.74, 6) is 1.01. The van der Waals surface area contributed by atoms with Gasteiger partial charge in [-0.05, 0) is 38.7 Å². The molecule has 1 saturated heterocycles. The molecule has 1 aromatic carbocycles. The van der Waals surface area contributed by atoms with Gasteiger partial charge in [0.25, 0.3) is 0 Å². The number of hydrogen-bond donors (Lipinski definition) is 1. The Morgan fingerprint density at radius 3 is 2.85 bits per heavy atom. The van der Waals surface area contributed by atoms with E-state index < -0.39 is 0 Å². The highest BCUT2D eigenvalue weighted by molar-refractivity contribution is 5.98. The number of nitrogens with zero attached hydrogens (tertiary/aromatic N) is 3. The van der Waals surface area contributed by atoms with Gasteiger partial charge in [0, 0.05) is 24.1 Å². The lowest BCUT2D eigenvalue weighted by molar-refractivity contribution is -0.136. The first-order valence-corrected chi connectivity index (χ1v) is 9.10. The number of aryl methyl sites for hydroxylation is 1. The maximum Gasteiger partial charge on any atom is 0.324 e. The molecule has 1 saturated carbocycles. The molecule has 26 heavy (non-hydrogen) atoms. The minimum absolute atomic E-state index is 0.0581. The third-order valence-electron chi connectivity index (χ3n) is 5.48. The molecule has 1 aromatic heterocycles. The second-order valence-corrected chi connectivity index (χ2v) is 7.03. The predicted octanol–water partition coefficient (Wildman–Crippen LogP) is 2.87. The fourth-order valence-electron chi connectivity index (χ4n) is 4.02. The molecule has 4 rings (SSSR count). The molecule has 1 N–H and O–H groups in total. The van der Waals surface area contributed by atoms with Crippen molar-refractivity contribution < 1.29 is 14.1 Å². The fraction of sp³-hybridized carbons (Fsp3) is 0.474. The molecular weight excluding hydrogens is 332 g/mol. The quantitative estimate of drug-likeness (QED) is 0.915. The van der Waals surface area contributed by atoms with Gasteiger partial charge in [-0.3, -0.25) is 9.69 Å². The third kappa shape index (κ3) is 2.77. The molecule has 3 unspecified atom stereocenters. The van der Waals surface area contributed by atoms with Gasteiger partial charge in [0.2, 0.25) is 17.6 Å². The highest BCUT2D eigenvalue weighted by Crippen LogP contribution is 2.38. The van der Waals surface area contributed by atoms with Crippen molar-refractivity contribution in [1.82, 2.24) is 20.4 Å². The standard InChI is InChI=1S/C19H22N4O3/c1-3-23-18(24)14-9-8-12(10-15(14)20-19(23)25)17-21-16(22-26-17)13-7-5-4-6-11(13)2/h4-7,12,14-15H,3,8-10H2,1-2H3,(H,20,25). The molecule has 3 atom stereocenters. The van der Waals surface area contributed by atoms with Crippen LogP contribution >= 0.6 is 0 Å². The van der Waals surface area contributed by atoms with Gasteiger partial charge in [-0.2, -0.15) is 4.98 Å². The lowest BCUT2D eigenvalue weighted by Crippen LogP contribution is -2.61. The molecule has 0 radical (unpaired) electrons. The maximum atomic E-state index is 12.5. The van der Waals surface area contributed by atoms with Crippen LogP contribution < -0.4 is 5.32 Å². The monoisotopic (exact) mass is 354 g/mol. The zero-order valence-electron chi connectivity index (χ0n) is 14.9. The zero-order chi connectivity index (χ0) is 18.3. The van der Waals surface area contributed by atoms with Gasteiger partial charge in [-0.1, -0.05) is 29.4 Å². The van der Waals surface area contributed by atoms with Crippen LogP contribution in [0.4, 0.5) is 4.79 Å². The van der Waals surface area contributed by atoms with Crippen LogP contribution in [-0.2, 0) is 4.79 Å². The van der Waals surface area contributed by atoms with Crippen molar-refractivity contribution in [2.45, 2.75) is 45.1 Å². The van der Waals surface area contributed by atoms with Crippen molar-refractivity contribution in [3.63, 3.8) is 0 Å². The number of aromatic nitrogens is 2. The molecule has 2 fully saturated rings. The summed E-state index contributed by atoms with van der Waals surface area (Å²) in [5.41, 5.74) is 2.05. The topological polar surface area (TPSA) is 88.3 Å². The van der Waals surface area contributed by atoms with Gasteiger partial charge in [0.1, 0.15) is 0 Å². The van der Waals surface area contributed by atoms with E-state index in [0.29, 0.717) is 31.1 Å². The molecule has 7 nitrogen and oxygen atoms in total. The Kier molecular flexibility index (Phi) is 4.22. The SMILES string of the molecule is CCN1C(=O)NC2CC(c3nc(-c4ccccc4C)no3)CCC2C1=O. The first-order chi connectivity index (χ1) is 12.6. The van der Waals surface area contributed by atoms with Gasteiger partial charge < -0.3 is 9.84 Å². The van der Waals surface area contributed by atoms with Crippen LogP contribution in [0.5, 0.6) is 0 Å². The van der Waals surface area contributed by atoms with Gasteiger partial charge in [-0.25, -0.2) is 4.79 Å². The van der Waals surface area contributed by atoms with E-state index in [0.717, 1.165) is 17.5 Å². The van der Waals surface area contributed by atoms with Crippen LogP contribution in [0.25, 0.3) is 11.4 Å². The number of carbonyl (C=O) groups is 2. The summed E-state index contributed by atoms with van der Waals surface area (Å²) < 4.78 is 5.52. The molecule has 2 heterocycles. The molecular formula is C19H22N4O3. The summed E-state index contributed by atoms with van der Waals surface area (Å²) in [6.45, 7) is 4.23.